The molecule has 1 aliphatic rings. The van der Waals surface area contributed by atoms with Gasteiger partial charge in [-0.15, -0.1) is 0 Å². The highest BCUT2D eigenvalue weighted by Crippen LogP contribution is 2.40. The third-order valence-corrected chi connectivity index (χ3v) is 6.53. The second-order valence-electron chi connectivity index (χ2n) is 9.18. The van der Waals surface area contributed by atoms with Crippen LogP contribution in [0.5, 0.6) is 11.5 Å². The third kappa shape index (κ3) is 4.78. The van der Waals surface area contributed by atoms with Gasteiger partial charge >= 0.3 is 6.03 Å². The molecule has 188 valence electrons. The van der Waals surface area contributed by atoms with Gasteiger partial charge in [0.1, 0.15) is 0 Å². The summed E-state index contributed by atoms with van der Waals surface area (Å²) in [6, 6.07) is 20.1. The van der Waals surface area contributed by atoms with Gasteiger partial charge in [0.15, 0.2) is 11.5 Å². The highest BCUT2D eigenvalue weighted by molar-refractivity contribution is 5.87. The van der Waals surface area contributed by atoms with Crippen LogP contribution >= 0.6 is 0 Å². The maximum absolute atomic E-state index is 13.3. The van der Waals surface area contributed by atoms with Gasteiger partial charge in [0.25, 0.3) is 5.89 Å². The van der Waals surface area contributed by atoms with Crippen molar-refractivity contribution in [1.29, 1.82) is 0 Å². The fraction of sp³-hybridized carbons (Fsp3) is 0.207. The number of nitrogens with zero attached hydrogens (tertiary/aromatic N) is 3. The van der Waals surface area contributed by atoms with E-state index < -0.39 is 6.04 Å². The zero-order chi connectivity index (χ0) is 26.1. The molecule has 0 aliphatic carbocycles. The number of phenolic OH excluding ortho intramolecular Hbond substituents is 1. The van der Waals surface area contributed by atoms with E-state index in [1.54, 1.807) is 23.1 Å². The van der Waals surface area contributed by atoms with Crippen LogP contribution < -0.4 is 10.1 Å². The number of nitrogens with one attached hydrogen (secondary N) is 1. The minimum Gasteiger partial charge on any atom is -0.504 e. The summed E-state index contributed by atoms with van der Waals surface area (Å²) >= 11 is 0. The molecule has 0 saturated carbocycles. The summed E-state index contributed by atoms with van der Waals surface area (Å²) in [6.07, 6.45) is 0. The second-order valence-corrected chi connectivity index (χ2v) is 9.18. The topological polar surface area (TPSA) is 101 Å². The van der Waals surface area contributed by atoms with Crippen LogP contribution in [0.15, 0.2) is 77.0 Å². The van der Waals surface area contributed by atoms with Crippen LogP contribution in [0.3, 0.4) is 0 Å². The van der Waals surface area contributed by atoms with Crippen LogP contribution in [0.25, 0.3) is 17.0 Å². The van der Waals surface area contributed by atoms with E-state index in [9.17, 15) is 9.90 Å². The molecule has 1 aliphatic heterocycles. The molecule has 37 heavy (non-hydrogen) atoms. The number of allylic oxidation sites excluding steroid dienone is 1. The zero-order valence-electron chi connectivity index (χ0n) is 21.1. The number of aromatic nitrogens is 2. The number of benzene rings is 3. The van der Waals surface area contributed by atoms with Gasteiger partial charge in [-0.05, 0) is 50.1 Å². The predicted molar refractivity (Wildman–Crippen MR) is 140 cm³/mol. The van der Waals surface area contributed by atoms with E-state index in [0.717, 1.165) is 22.3 Å². The molecule has 4 aromatic rings. The molecule has 8 nitrogen and oxygen atoms in total. The summed E-state index contributed by atoms with van der Waals surface area (Å²) in [5.74, 6) is 1.06. The Labute approximate surface area is 215 Å². The Balaban J connectivity index is 1.60. The van der Waals surface area contributed by atoms with Gasteiger partial charge in [-0.3, -0.25) is 4.90 Å². The summed E-state index contributed by atoms with van der Waals surface area (Å²) in [5, 5.41) is 17.7. The summed E-state index contributed by atoms with van der Waals surface area (Å²) in [6.45, 7) is 6.27. The molecule has 0 saturated heterocycles. The number of carbonyl (C=O) groups excluding carboxylic acids is 1. The van der Waals surface area contributed by atoms with Crippen molar-refractivity contribution in [3.63, 3.8) is 0 Å². The third-order valence-electron chi connectivity index (χ3n) is 6.53. The van der Waals surface area contributed by atoms with E-state index >= 15 is 0 Å². The summed E-state index contributed by atoms with van der Waals surface area (Å²) in [5.41, 5.74) is 6.06. The Morgan fingerprint density at radius 3 is 2.51 bits per heavy atom. The molecule has 0 bridgehead atoms. The summed E-state index contributed by atoms with van der Waals surface area (Å²) in [7, 11) is 1.49. The number of phenols is 1. The minimum absolute atomic E-state index is 0.0284. The van der Waals surface area contributed by atoms with Crippen molar-refractivity contribution in [1.82, 2.24) is 20.4 Å². The Morgan fingerprint density at radius 2 is 1.81 bits per heavy atom. The molecule has 2 heterocycles. The largest absolute Gasteiger partial charge is 0.504 e. The molecule has 1 unspecified atom stereocenters. The van der Waals surface area contributed by atoms with Gasteiger partial charge in [-0.2, -0.15) is 4.98 Å². The molecule has 8 heteroatoms. The Hall–Kier alpha value is -4.59. The summed E-state index contributed by atoms with van der Waals surface area (Å²) < 4.78 is 11.0. The molecule has 0 fully saturated rings. The molecule has 0 spiro atoms. The lowest BCUT2D eigenvalue weighted by Gasteiger charge is -2.35. The minimum atomic E-state index is -0.621. The average Bonchev–Trinajstić information content (AvgIpc) is 3.37. The highest BCUT2D eigenvalue weighted by atomic mass is 16.5. The van der Waals surface area contributed by atoms with Crippen LogP contribution in [0.2, 0.25) is 0 Å². The van der Waals surface area contributed by atoms with Crippen molar-refractivity contribution in [3.05, 3.63) is 101 Å². The number of urea groups is 1. The molecule has 1 aromatic heterocycles. The first-order valence-electron chi connectivity index (χ1n) is 12.0. The number of rotatable bonds is 6. The summed E-state index contributed by atoms with van der Waals surface area (Å²) in [4.78, 5) is 19.7. The van der Waals surface area contributed by atoms with Gasteiger partial charge in [0.2, 0.25) is 5.82 Å². The standard InChI is InChI=1S/C29H28N4O4/c1-17-8-10-20(11-9-17)16-33-19(3)25(28-31-27(32-37-28)22-7-5-6-18(2)14-22)26(30-29(33)35)21-12-13-24(36-4)23(34)15-21/h5-15,26,34H,16H2,1-4H3,(H,30,35). The number of carbonyl (C=O) groups is 1. The Kier molecular flexibility index (Phi) is 6.40. The number of hydrogen-bond acceptors (Lipinski definition) is 6. The first-order chi connectivity index (χ1) is 17.8. The van der Waals surface area contributed by atoms with E-state index in [0.29, 0.717) is 40.8 Å². The van der Waals surface area contributed by atoms with Gasteiger partial charge in [0, 0.05) is 11.3 Å². The van der Waals surface area contributed by atoms with Gasteiger partial charge < -0.3 is 19.7 Å². The molecule has 0 radical (unpaired) electrons. The first-order valence-corrected chi connectivity index (χ1v) is 12.0. The number of amides is 2. The van der Waals surface area contributed by atoms with E-state index in [4.69, 9.17) is 14.2 Å². The number of hydrogen-bond donors (Lipinski definition) is 2. The average molecular weight is 497 g/mol. The lowest BCUT2D eigenvalue weighted by Crippen LogP contribution is -2.45. The van der Waals surface area contributed by atoms with Crippen LogP contribution in [0, 0.1) is 13.8 Å². The fourth-order valence-electron chi connectivity index (χ4n) is 4.50. The molecular weight excluding hydrogens is 468 g/mol. The fourth-order valence-corrected chi connectivity index (χ4v) is 4.50. The number of aromatic hydroxyl groups is 1. The van der Waals surface area contributed by atoms with Gasteiger partial charge in [0.05, 0.1) is 25.3 Å². The normalized spacial score (nSPS) is 15.6. The highest BCUT2D eigenvalue weighted by Gasteiger charge is 2.36. The van der Waals surface area contributed by atoms with Gasteiger partial charge in [-0.1, -0.05) is 64.8 Å². The van der Waals surface area contributed by atoms with Crippen LogP contribution in [-0.2, 0) is 6.54 Å². The molecule has 2 N–H and O–H groups in total. The lowest BCUT2D eigenvalue weighted by molar-refractivity contribution is 0.203. The molecule has 2 amide bonds. The van der Waals surface area contributed by atoms with E-state index in [2.05, 4.69) is 10.5 Å². The molecule has 1 atom stereocenters. The molecule has 3 aromatic carbocycles. The van der Waals surface area contributed by atoms with Crippen molar-refractivity contribution in [3.8, 4) is 22.9 Å². The maximum Gasteiger partial charge on any atom is 0.322 e. The monoisotopic (exact) mass is 496 g/mol. The molecule has 5 rings (SSSR count). The Morgan fingerprint density at radius 1 is 1.03 bits per heavy atom. The van der Waals surface area contributed by atoms with Crippen LogP contribution in [-0.4, -0.2) is 33.3 Å². The maximum atomic E-state index is 13.3. The van der Waals surface area contributed by atoms with Crippen molar-refractivity contribution in [2.75, 3.05) is 7.11 Å². The number of aryl methyl sites for hydroxylation is 2. The smallest absolute Gasteiger partial charge is 0.322 e. The van der Waals surface area contributed by atoms with Gasteiger partial charge in [-0.25, -0.2) is 4.79 Å². The van der Waals surface area contributed by atoms with E-state index in [1.165, 1.54) is 7.11 Å². The first kappa shape index (κ1) is 24.1. The van der Waals surface area contributed by atoms with Crippen molar-refractivity contribution in [2.24, 2.45) is 0 Å². The van der Waals surface area contributed by atoms with E-state index in [1.807, 2.05) is 69.3 Å². The number of ether oxygens (including phenoxy) is 1. The molecular formula is C29H28N4O4. The number of methoxy groups -OCH3 is 1. The van der Waals surface area contributed by atoms with Crippen molar-refractivity contribution >= 4 is 11.6 Å². The quantitative estimate of drug-likeness (QED) is 0.352. The Bertz CT molecular complexity index is 1490. The zero-order valence-corrected chi connectivity index (χ0v) is 21.1. The van der Waals surface area contributed by atoms with Crippen molar-refractivity contribution < 1.29 is 19.2 Å². The van der Waals surface area contributed by atoms with Crippen LogP contribution in [0.4, 0.5) is 4.79 Å². The lowest BCUT2D eigenvalue weighted by atomic mass is 9.94. The van der Waals surface area contributed by atoms with E-state index in [-0.39, 0.29) is 11.8 Å². The van der Waals surface area contributed by atoms with Crippen molar-refractivity contribution in [2.45, 2.75) is 33.4 Å². The van der Waals surface area contributed by atoms with Crippen LogP contribution in [0.1, 0.15) is 41.1 Å². The SMILES string of the molecule is COc1ccc(C2NC(=O)N(Cc3ccc(C)cc3)C(C)=C2c2nc(-c3cccc(C)c3)no2)cc1O. The predicted octanol–water partition coefficient (Wildman–Crippen LogP) is 5.77. The second kappa shape index (κ2) is 9.81.